The monoisotopic (exact) mass is 329 g/mol. The molecule has 4 rings (SSSR count). The maximum atomic E-state index is 12.1. The molecule has 2 saturated heterocycles. The summed E-state index contributed by atoms with van der Waals surface area (Å²) >= 11 is 5.89. The lowest BCUT2D eigenvalue weighted by Gasteiger charge is -2.35. The van der Waals surface area contributed by atoms with E-state index in [1.807, 2.05) is 24.4 Å². The highest BCUT2D eigenvalue weighted by Gasteiger charge is 2.46. The molecule has 0 aliphatic carbocycles. The smallest absolute Gasteiger partial charge is 0.221 e. The van der Waals surface area contributed by atoms with Gasteiger partial charge in [0, 0.05) is 36.8 Å². The van der Waals surface area contributed by atoms with Gasteiger partial charge in [-0.2, -0.15) is 0 Å². The number of pyridine rings is 2. The Bertz CT molecular complexity index is 708. The van der Waals surface area contributed by atoms with Gasteiger partial charge in [-0.3, -0.25) is 9.78 Å². The van der Waals surface area contributed by atoms with E-state index in [-0.39, 0.29) is 30.0 Å². The number of aromatic nitrogens is 2. The highest BCUT2D eigenvalue weighted by atomic mass is 35.5. The van der Waals surface area contributed by atoms with Crippen LogP contribution in [0.1, 0.15) is 29.5 Å². The number of hydrazine groups is 1. The van der Waals surface area contributed by atoms with E-state index in [1.165, 1.54) is 0 Å². The van der Waals surface area contributed by atoms with E-state index in [9.17, 15) is 4.79 Å². The van der Waals surface area contributed by atoms with Crippen molar-refractivity contribution < 1.29 is 4.79 Å². The van der Waals surface area contributed by atoms with Crippen molar-refractivity contribution in [1.82, 2.24) is 26.1 Å². The van der Waals surface area contributed by atoms with Crippen molar-refractivity contribution in [2.45, 2.75) is 24.5 Å². The van der Waals surface area contributed by atoms with Crippen LogP contribution in [0.3, 0.4) is 0 Å². The molecule has 4 atom stereocenters. The Morgan fingerprint density at radius 1 is 1.13 bits per heavy atom. The Balaban J connectivity index is 1.71. The van der Waals surface area contributed by atoms with Crippen LogP contribution < -0.4 is 16.2 Å². The maximum Gasteiger partial charge on any atom is 0.221 e. The van der Waals surface area contributed by atoms with Crippen LogP contribution in [-0.4, -0.2) is 22.0 Å². The molecule has 2 fully saturated rings. The van der Waals surface area contributed by atoms with Crippen LogP contribution in [-0.2, 0) is 4.79 Å². The zero-order valence-corrected chi connectivity index (χ0v) is 13.0. The van der Waals surface area contributed by atoms with Crippen LogP contribution in [0.2, 0.25) is 5.15 Å². The first kappa shape index (κ1) is 14.6. The molecule has 2 aliphatic rings. The van der Waals surface area contributed by atoms with Crippen molar-refractivity contribution in [3.05, 3.63) is 59.1 Å². The van der Waals surface area contributed by atoms with Gasteiger partial charge in [0.15, 0.2) is 0 Å². The molecule has 2 aromatic heterocycles. The number of hydrogen-bond acceptors (Lipinski definition) is 5. The number of nitrogens with zero attached hydrogens (tertiary/aromatic N) is 2. The normalized spacial score (nSPS) is 29.9. The Morgan fingerprint density at radius 3 is 2.78 bits per heavy atom. The molecular weight excluding hydrogens is 314 g/mol. The average Bonchev–Trinajstić information content (AvgIpc) is 2.99. The quantitative estimate of drug-likeness (QED) is 0.728. The number of halogens is 1. The standard InChI is InChI=1S/C16H16ClN5O/c17-12-4-3-9(8-19-12)11-6-13(23)20-16-14(11)15(21-22-16)10-2-1-5-18-7-10/h1-5,7-8,11,14-16,21-22H,6H2,(H,20,23). The second-order valence-electron chi connectivity index (χ2n) is 5.90. The van der Waals surface area contributed by atoms with E-state index in [1.54, 1.807) is 18.5 Å². The van der Waals surface area contributed by atoms with Gasteiger partial charge in [0.05, 0.1) is 12.2 Å². The molecule has 2 aromatic rings. The van der Waals surface area contributed by atoms with Gasteiger partial charge in [-0.15, -0.1) is 0 Å². The van der Waals surface area contributed by atoms with Gasteiger partial charge in [0.2, 0.25) is 5.91 Å². The van der Waals surface area contributed by atoms with Crippen molar-refractivity contribution in [2.75, 3.05) is 0 Å². The fourth-order valence-electron chi connectivity index (χ4n) is 3.54. The van der Waals surface area contributed by atoms with E-state index in [2.05, 4.69) is 26.1 Å². The van der Waals surface area contributed by atoms with Gasteiger partial charge in [0.1, 0.15) is 5.15 Å². The van der Waals surface area contributed by atoms with Crippen LogP contribution >= 0.6 is 11.6 Å². The first-order valence-electron chi connectivity index (χ1n) is 7.54. The van der Waals surface area contributed by atoms with E-state index in [0.29, 0.717) is 11.6 Å². The van der Waals surface area contributed by atoms with Crippen molar-refractivity contribution in [3.63, 3.8) is 0 Å². The van der Waals surface area contributed by atoms with Crippen LogP contribution in [0.5, 0.6) is 0 Å². The van der Waals surface area contributed by atoms with Crippen LogP contribution in [0.25, 0.3) is 0 Å². The number of fused-ring (bicyclic) bond motifs is 1. The maximum absolute atomic E-state index is 12.1. The van der Waals surface area contributed by atoms with Crippen molar-refractivity contribution in [2.24, 2.45) is 5.92 Å². The second-order valence-corrected chi connectivity index (χ2v) is 6.29. The number of nitrogens with one attached hydrogen (secondary N) is 3. The molecule has 0 aromatic carbocycles. The Hall–Kier alpha value is -2.02. The Labute approximate surface area is 138 Å². The van der Waals surface area contributed by atoms with E-state index in [0.717, 1.165) is 11.1 Å². The van der Waals surface area contributed by atoms with Crippen molar-refractivity contribution >= 4 is 17.5 Å². The Morgan fingerprint density at radius 2 is 2.04 bits per heavy atom. The number of hydrogen-bond donors (Lipinski definition) is 3. The summed E-state index contributed by atoms with van der Waals surface area (Å²) in [6.07, 6.45) is 5.69. The van der Waals surface area contributed by atoms with Gasteiger partial charge in [0.25, 0.3) is 0 Å². The summed E-state index contributed by atoms with van der Waals surface area (Å²) in [5, 5.41) is 3.47. The molecule has 1 amide bonds. The summed E-state index contributed by atoms with van der Waals surface area (Å²) in [6, 6.07) is 7.75. The highest BCUT2D eigenvalue weighted by molar-refractivity contribution is 6.29. The predicted molar refractivity (Wildman–Crippen MR) is 85.3 cm³/mol. The number of carbonyl (C=O) groups is 1. The molecule has 23 heavy (non-hydrogen) atoms. The third kappa shape index (κ3) is 2.69. The molecule has 0 saturated carbocycles. The summed E-state index contributed by atoms with van der Waals surface area (Å²) in [5.41, 5.74) is 8.61. The molecular formula is C16H16ClN5O. The van der Waals surface area contributed by atoms with Gasteiger partial charge < -0.3 is 5.32 Å². The highest BCUT2D eigenvalue weighted by Crippen LogP contribution is 2.42. The van der Waals surface area contributed by atoms with Crippen LogP contribution in [0.4, 0.5) is 0 Å². The lowest BCUT2D eigenvalue weighted by Crippen LogP contribution is -2.52. The summed E-state index contributed by atoms with van der Waals surface area (Å²) in [7, 11) is 0. The number of rotatable bonds is 2. The SMILES string of the molecule is O=C1CC(c2ccc(Cl)nc2)C2C(NNC2c2cccnc2)N1. The molecule has 0 bridgehead atoms. The minimum Gasteiger partial charge on any atom is -0.339 e. The molecule has 0 radical (unpaired) electrons. The number of carbonyl (C=O) groups excluding carboxylic acids is 1. The first-order chi connectivity index (χ1) is 11.2. The predicted octanol–water partition coefficient (Wildman–Crippen LogP) is 1.52. The molecule has 3 N–H and O–H groups in total. The molecule has 6 nitrogen and oxygen atoms in total. The third-order valence-corrected chi connectivity index (χ3v) is 4.80. The summed E-state index contributed by atoms with van der Waals surface area (Å²) in [4.78, 5) is 20.4. The zero-order valence-electron chi connectivity index (χ0n) is 12.2. The van der Waals surface area contributed by atoms with E-state index >= 15 is 0 Å². The number of amides is 1. The average molecular weight is 330 g/mol. The zero-order chi connectivity index (χ0) is 15.8. The van der Waals surface area contributed by atoms with Crippen molar-refractivity contribution in [1.29, 1.82) is 0 Å². The summed E-state index contributed by atoms with van der Waals surface area (Å²) < 4.78 is 0. The third-order valence-electron chi connectivity index (χ3n) is 4.57. The minimum atomic E-state index is -0.123. The fourth-order valence-corrected chi connectivity index (χ4v) is 3.65. The summed E-state index contributed by atoms with van der Waals surface area (Å²) in [6.45, 7) is 0. The molecule has 4 heterocycles. The van der Waals surface area contributed by atoms with Gasteiger partial charge in [-0.25, -0.2) is 15.8 Å². The first-order valence-corrected chi connectivity index (χ1v) is 7.92. The lowest BCUT2D eigenvalue weighted by atomic mass is 9.75. The van der Waals surface area contributed by atoms with Gasteiger partial charge >= 0.3 is 0 Å². The molecule has 2 aliphatic heterocycles. The fraction of sp³-hybridized carbons (Fsp3) is 0.312. The molecule has 4 unspecified atom stereocenters. The minimum absolute atomic E-state index is 0.0346. The molecule has 118 valence electrons. The van der Waals surface area contributed by atoms with Gasteiger partial charge in [-0.1, -0.05) is 23.7 Å². The van der Waals surface area contributed by atoms with Crippen molar-refractivity contribution in [3.8, 4) is 0 Å². The van der Waals surface area contributed by atoms with Crippen LogP contribution in [0.15, 0.2) is 42.9 Å². The van der Waals surface area contributed by atoms with E-state index in [4.69, 9.17) is 11.6 Å². The summed E-state index contributed by atoms with van der Waals surface area (Å²) in [5.74, 6) is 0.262. The topological polar surface area (TPSA) is 78.9 Å². The van der Waals surface area contributed by atoms with Crippen LogP contribution in [0, 0.1) is 5.92 Å². The van der Waals surface area contributed by atoms with Gasteiger partial charge in [-0.05, 0) is 23.3 Å². The molecule has 0 spiro atoms. The second kappa shape index (κ2) is 5.88. The Kier molecular flexibility index (Phi) is 3.72. The largest absolute Gasteiger partial charge is 0.339 e. The molecule has 7 heteroatoms. The lowest BCUT2D eigenvalue weighted by molar-refractivity contribution is -0.125. The number of piperidine rings is 1. The van der Waals surface area contributed by atoms with E-state index < -0.39 is 0 Å².